The third-order valence-corrected chi connectivity index (χ3v) is 2.93. The molecule has 0 aliphatic carbocycles. The van der Waals surface area contributed by atoms with Gasteiger partial charge in [0.15, 0.2) is 0 Å². The Bertz CT molecular complexity index is 491. The van der Waals surface area contributed by atoms with E-state index in [1.165, 1.54) is 23.4 Å². The summed E-state index contributed by atoms with van der Waals surface area (Å²) in [5.41, 5.74) is 0.118. The standard InChI is InChI=1S/C12H14N2O5/c15-10-6-13-2-1-9(10)12(18)14-3-4-19-7-8(14)5-11(16)17/h1-2,6,8,15H,3-5,7H2,(H,16,17). The molecule has 2 rings (SSSR count). The number of amides is 1. The summed E-state index contributed by atoms with van der Waals surface area (Å²) in [6.45, 7) is 0.843. The van der Waals surface area contributed by atoms with Crippen molar-refractivity contribution in [2.24, 2.45) is 0 Å². The first-order chi connectivity index (χ1) is 9.09. The van der Waals surface area contributed by atoms with Crippen molar-refractivity contribution in [2.75, 3.05) is 19.8 Å². The second-order valence-corrected chi connectivity index (χ2v) is 4.22. The molecule has 0 radical (unpaired) electrons. The number of carbonyl (C=O) groups excluding carboxylic acids is 1. The van der Waals surface area contributed by atoms with Crippen LogP contribution in [0, 0.1) is 0 Å². The molecule has 102 valence electrons. The molecule has 1 aliphatic rings. The van der Waals surface area contributed by atoms with Gasteiger partial charge >= 0.3 is 5.97 Å². The van der Waals surface area contributed by atoms with Crippen LogP contribution in [0.5, 0.6) is 5.75 Å². The third kappa shape index (κ3) is 3.00. The van der Waals surface area contributed by atoms with Crippen LogP contribution in [0.4, 0.5) is 0 Å². The lowest BCUT2D eigenvalue weighted by Gasteiger charge is -2.34. The van der Waals surface area contributed by atoms with E-state index in [0.29, 0.717) is 13.2 Å². The quantitative estimate of drug-likeness (QED) is 0.805. The summed E-state index contributed by atoms with van der Waals surface area (Å²) in [4.78, 5) is 28.2. The average Bonchev–Trinajstić information content (AvgIpc) is 2.38. The molecular formula is C12H14N2O5. The lowest BCUT2D eigenvalue weighted by molar-refractivity contribution is -0.139. The molecule has 1 fully saturated rings. The van der Waals surface area contributed by atoms with Crippen LogP contribution in [0.15, 0.2) is 18.5 Å². The van der Waals surface area contributed by atoms with Gasteiger partial charge in [-0.3, -0.25) is 14.6 Å². The number of aromatic nitrogens is 1. The van der Waals surface area contributed by atoms with E-state index in [2.05, 4.69) is 4.98 Å². The van der Waals surface area contributed by atoms with Gasteiger partial charge in [0.25, 0.3) is 5.91 Å². The Morgan fingerprint density at radius 3 is 3.00 bits per heavy atom. The van der Waals surface area contributed by atoms with Crippen molar-refractivity contribution < 1.29 is 24.5 Å². The van der Waals surface area contributed by atoms with E-state index < -0.39 is 17.9 Å². The molecule has 19 heavy (non-hydrogen) atoms. The predicted molar refractivity (Wildman–Crippen MR) is 63.8 cm³/mol. The molecule has 2 heterocycles. The fraction of sp³-hybridized carbons (Fsp3) is 0.417. The highest BCUT2D eigenvalue weighted by atomic mass is 16.5. The maximum absolute atomic E-state index is 12.3. The molecule has 7 nitrogen and oxygen atoms in total. The first kappa shape index (κ1) is 13.3. The van der Waals surface area contributed by atoms with E-state index in [-0.39, 0.29) is 24.3 Å². The average molecular weight is 266 g/mol. The Kier molecular flexibility index (Phi) is 3.96. The highest BCUT2D eigenvalue weighted by Gasteiger charge is 2.30. The van der Waals surface area contributed by atoms with E-state index in [1.54, 1.807) is 0 Å². The number of morpholine rings is 1. The second kappa shape index (κ2) is 5.66. The Hall–Kier alpha value is -2.15. The maximum atomic E-state index is 12.3. The molecule has 7 heteroatoms. The number of pyridine rings is 1. The van der Waals surface area contributed by atoms with Crippen LogP contribution in [-0.2, 0) is 9.53 Å². The predicted octanol–water partition coefficient (Wildman–Crippen LogP) is 0.103. The molecule has 1 aromatic rings. The van der Waals surface area contributed by atoms with Gasteiger partial charge in [0.1, 0.15) is 5.75 Å². The van der Waals surface area contributed by atoms with Gasteiger partial charge in [-0.05, 0) is 6.07 Å². The van der Waals surface area contributed by atoms with Crippen LogP contribution in [-0.4, -0.2) is 57.8 Å². The molecule has 1 atom stereocenters. The number of rotatable bonds is 3. The minimum atomic E-state index is -0.993. The summed E-state index contributed by atoms with van der Waals surface area (Å²) in [5, 5.41) is 18.5. The van der Waals surface area contributed by atoms with Crippen molar-refractivity contribution in [3.63, 3.8) is 0 Å². The van der Waals surface area contributed by atoms with Gasteiger partial charge in [-0.1, -0.05) is 0 Å². The zero-order chi connectivity index (χ0) is 13.8. The lowest BCUT2D eigenvalue weighted by Crippen LogP contribution is -2.49. The molecule has 2 N–H and O–H groups in total. The number of hydrogen-bond acceptors (Lipinski definition) is 5. The first-order valence-electron chi connectivity index (χ1n) is 5.83. The van der Waals surface area contributed by atoms with E-state index in [9.17, 15) is 14.7 Å². The van der Waals surface area contributed by atoms with Gasteiger partial charge in [-0.15, -0.1) is 0 Å². The normalized spacial score (nSPS) is 19.2. The van der Waals surface area contributed by atoms with Crippen molar-refractivity contribution in [1.82, 2.24) is 9.88 Å². The van der Waals surface area contributed by atoms with Gasteiger partial charge in [0.05, 0.1) is 37.4 Å². The molecule has 0 spiro atoms. The van der Waals surface area contributed by atoms with Gasteiger partial charge in [0, 0.05) is 12.7 Å². The highest BCUT2D eigenvalue weighted by Crippen LogP contribution is 2.20. The number of aromatic hydroxyl groups is 1. The monoisotopic (exact) mass is 266 g/mol. The van der Waals surface area contributed by atoms with Crippen LogP contribution in [0.25, 0.3) is 0 Å². The molecule has 1 unspecified atom stereocenters. The molecule has 0 saturated carbocycles. The molecule has 1 aromatic heterocycles. The number of hydrogen-bond donors (Lipinski definition) is 2. The molecule has 1 amide bonds. The molecule has 0 aromatic carbocycles. The molecule has 0 bridgehead atoms. The van der Waals surface area contributed by atoms with E-state index >= 15 is 0 Å². The number of carboxylic acid groups (broad SMARTS) is 1. The minimum Gasteiger partial charge on any atom is -0.505 e. The SMILES string of the molecule is O=C(O)CC1COCCN1C(=O)c1ccncc1O. The maximum Gasteiger partial charge on any atom is 0.305 e. The van der Waals surface area contributed by atoms with Crippen molar-refractivity contribution in [3.8, 4) is 5.75 Å². The molecule has 1 saturated heterocycles. The van der Waals surface area contributed by atoms with Crippen LogP contribution in [0.3, 0.4) is 0 Å². The minimum absolute atomic E-state index is 0.118. The largest absolute Gasteiger partial charge is 0.505 e. The van der Waals surface area contributed by atoms with Crippen molar-refractivity contribution in [1.29, 1.82) is 0 Å². The third-order valence-electron chi connectivity index (χ3n) is 2.93. The first-order valence-corrected chi connectivity index (χ1v) is 5.83. The smallest absolute Gasteiger partial charge is 0.305 e. The van der Waals surface area contributed by atoms with Gasteiger partial charge in [0.2, 0.25) is 0 Å². The Balaban J connectivity index is 2.20. The van der Waals surface area contributed by atoms with Gasteiger partial charge in [-0.25, -0.2) is 0 Å². The zero-order valence-corrected chi connectivity index (χ0v) is 10.2. The van der Waals surface area contributed by atoms with Crippen molar-refractivity contribution in [3.05, 3.63) is 24.0 Å². The van der Waals surface area contributed by atoms with Crippen LogP contribution in [0.2, 0.25) is 0 Å². The lowest BCUT2D eigenvalue weighted by atomic mass is 10.1. The summed E-state index contributed by atoms with van der Waals surface area (Å²) in [7, 11) is 0. The summed E-state index contributed by atoms with van der Waals surface area (Å²) in [6.07, 6.45) is 2.40. The number of carbonyl (C=O) groups is 2. The number of carboxylic acids is 1. The summed E-state index contributed by atoms with van der Waals surface area (Å²) in [5.74, 6) is -1.62. The molecule has 1 aliphatic heterocycles. The topological polar surface area (TPSA) is 100.0 Å². The summed E-state index contributed by atoms with van der Waals surface area (Å²) < 4.78 is 5.20. The van der Waals surface area contributed by atoms with Gasteiger partial charge in [-0.2, -0.15) is 0 Å². The van der Waals surface area contributed by atoms with E-state index in [4.69, 9.17) is 9.84 Å². The van der Waals surface area contributed by atoms with Gasteiger partial charge < -0.3 is 19.8 Å². The van der Waals surface area contributed by atoms with Crippen LogP contribution < -0.4 is 0 Å². The highest BCUT2D eigenvalue weighted by molar-refractivity contribution is 5.97. The van der Waals surface area contributed by atoms with Crippen molar-refractivity contribution in [2.45, 2.75) is 12.5 Å². The number of nitrogens with zero attached hydrogens (tertiary/aromatic N) is 2. The Labute approximate surface area is 109 Å². The second-order valence-electron chi connectivity index (χ2n) is 4.22. The Morgan fingerprint density at radius 2 is 2.32 bits per heavy atom. The van der Waals surface area contributed by atoms with E-state index in [0.717, 1.165) is 0 Å². The summed E-state index contributed by atoms with van der Waals surface area (Å²) in [6, 6.07) is 0.886. The number of ether oxygens (including phenoxy) is 1. The zero-order valence-electron chi connectivity index (χ0n) is 10.2. The van der Waals surface area contributed by atoms with Crippen LogP contribution in [0.1, 0.15) is 16.8 Å². The fourth-order valence-corrected chi connectivity index (χ4v) is 2.01. The fourth-order valence-electron chi connectivity index (χ4n) is 2.01. The van der Waals surface area contributed by atoms with E-state index in [1.807, 2.05) is 0 Å². The summed E-state index contributed by atoms with van der Waals surface area (Å²) >= 11 is 0. The number of aliphatic carboxylic acids is 1. The van der Waals surface area contributed by atoms with Crippen molar-refractivity contribution >= 4 is 11.9 Å². The Morgan fingerprint density at radius 1 is 1.53 bits per heavy atom. The van der Waals surface area contributed by atoms with Crippen LogP contribution >= 0.6 is 0 Å². The molecular weight excluding hydrogens is 252 g/mol.